The summed E-state index contributed by atoms with van der Waals surface area (Å²) in [4.78, 5) is 0.0173. The van der Waals surface area contributed by atoms with Crippen LogP contribution in [0.4, 0.5) is 0 Å². The molecule has 7 nitrogen and oxygen atoms in total. The first-order valence-electron chi connectivity index (χ1n) is 7.23. The van der Waals surface area contributed by atoms with E-state index in [-0.39, 0.29) is 28.2 Å². The highest BCUT2D eigenvalue weighted by Crippen LogP contribution is 2.24. The average Bonchev–Trinajstić information content (AvgIpc) is 3.31. The summed E-state index contributed by atoms with van der Waals surface area (Å²) in [5.74, 6) is 0. The first-order valence-corrected chi connectivity index (χ1v) is 10.2. The number of hydrogen-bond donors (Lipinski definition) is 2. The van der Waals surface area contributed by atoms with Gasteiger partial charge in [-0.1, -0.05) is 6.07 Å². The maximum Gasteiger partial charge on any atom is 0.243 e. The lowest BCUT2D eigenvalue weighted by Gasteiger charge is -2.26. The molecule has 1 aromatic carbocycles. The molecule has 1 saturated heterocycles. The molecule has 0 bridgehead atoms. The zero-order valence-electron chi connectivity index (χ0n) is 12.4. The van der Waals surface area contributed by atoms with Crippen molar-refractivity contribution in [3.8, 4) is 0 Å². The van der Waals surface area contributed by atoms with E-state index in [1.165, 1.54) is 28.6 Å². The molecule has 0 atom stereocenters. The lowest BCUT2D eigenvalue weighted by molar-refractivity contribution is 0.360. The van der Waals surface area contributed by atoms with Gasteiger partial charge in [-0.2, -0.15) is 4.31 Å². The minimum atomic E-state index is -3.66. The zero-order valence-corrected chi connectivity index (χ0v) is 14.9. The summed E-state index contributed by atoms with van der Waals surface area (Å²) >= 11 is 0. The van der Waals surface area contributed by atoms with Gasteiger partial charge in [-0.3, -0.25) is 0 Å². The predicted molar refractivity (Wildman–Crippen MR) is 88.7 cm³/mol. The molecule has 0 spiro atoms. The van der Waals surface area contributed by atoms with Crippen LogP contribution in [0.3, 0.4) is 0 Å². The Labute approximate surface area is 143 Å². The Bertz CT molecular complexity index is 757. The van der Waals surface area contributed by atoms with Crippen molar-refractivity contribution in [2.24, 2.45) is 0 Å². The van der Waals surface area contributed by atoms with Crippen molar-refractivity contribution < 1.29 is 16.8 Å². The predicted octanol–water partition coefficient (Wildman–Crippen LogP) is 0.143. The van der Waals surface area contributed by atoms with E-state index in [0.29, 0.717) is 26.2 Å². The van der Waals surface area contributed by atoms with Gasteiger partial charge in [0, 0.05) is 32.2 Å². The lowest BCUT2D eigenvalue weighted by atomic mass is 10.4. The van der Waals surface area contributed by atoms with Crippen molar-refractivity contribution in [2.45, 2.75) is 28.7 Å². The van der Waals surface area contributed by atoms with E-state index in [0.717, 1.165) is 12.8 Å². The van der Waals surface area contributed by atoms with Crippen molar-refractivity contribution in [1.82, 2.24) is 14.3 Å². The molecule has 0 aromatic heterocycles. The smallest absolute Gasteiger partial charge is 0.243 e. The van der Waals surface area contributed by atoms with Crippen molar-refractivity contribution in [1.29, 1.82) is 0 Å². The van der Waals surface area contributed by atoms with E-state index in [9.17, 15) is 16.8 Å². The number of benzene rings is 1. The molecule has 1 aromatic rings. The molecule has 0 amide bonds. The topological polar surface area (TPSA) is 95.6 Å². The summed E-state index contributed by atoms with van der Waals surface area (Å²) in [5, 5.41) is 3.09. The summed E-state index contributed by atoms with van der Waals surface area (Å²) in [6.07, 6.45) is 1.66. The third-order valence-corrected chi connectivity index (χ3v) is 7.14. The van der Waals surface area contributed by atoms with Gasteiger partial charge in [-0.25, -0.2) is 21.6 Å². The fourth-order valence-electron chi connectivity index (χ4n) is 2.32. The van der Waals surface area contributed by atoms with Crippen LogP contribution in [0.25, 0.3) is 0 Å². The number of hydrogen-bond acceptors (Lipinski definition) is 5. The monoisotopic (exact) mass is 381 g/mol. The number of rotatable bonds is 5. The summed E-state index contributed by atoms with van der Waals surface area (Å²) in [6.45, 7) is 1.97. The molecule has 1 aliphatic carbocycles. The molecule has 3 rings (SSSR count). The number of nitrogens with zero attached hydrogens (tertiary/aromatic N) is 1. The second-order valence-electron chi connectivity index (χ2n) is 5.52. The lowest BCUT2D eigenvalue weighted by Crippen LogP contribution is -2.46. The first kappa shape index (κ1) is 18.6. The number of halogens is 1. The number of nitrogens with one attached hydrogen (secondary N) is 2. The Hall–Kier alpha value is -0.710. The van der Waals surface area contributed by atoms with E-state index in [1.54, 1.807) is 0 Å². The highest BCUT2D eigenvalue weighted by molar-refractivity contribution is 7.90. The molecule has 1 heterocycles. The maximum atomic E-state index is 12.6. The molecule has 1 saturated carbocycles. The van der Waals surface area contributed by atoms with Gasteiger partial charge >= 0.3 is 0 Å². The average molecular weight is 382 g/mol. The highest BCUT2D eigenvalue weighted by atomic mass is 35.5. The number of sulfonamides is 2. The zero-order chi connectivity index (χ0) is 15.8. The van der Waals surface area contributed by atoms with E-state index < -0.39 is 20.0 Å². The third-order valence-electron chi connectivity index (χ3n) is 3.73. The van der Waals surface area contributed by atoms with Crippen molar-refractivity contribution >= 4 is 32.5 Å². The van der Waals surface area contributed by atoms with E-state index in [2.05, 4.69) is 10.0 Å². The van der Waals surface area contributed by atoms with Crippen LogP contribution in [0.5, 0.6) is 0 Å². The van der Waals surface area contributed by atoms with Crippen LogP contribution in [-0.4, -0.2) is 53.4 Å². The number of piperazine rings is 1. The van der Waals surface area contributed by atoms with E-state index in [1.807, 2.05) is 0 Å². The summed E-state index contributed by atoms with van der Waals surface area (Å²) < 4.78 is 53.5. The largest absolute Gasteiger partial charge is 0.314 e. The molecule has 10 heteroatoms. The molecule has 1 aliphatic heterocycles. The Balaban J connectivity index is 0.00000192. The van der Waals surface area contributed by atoms with Crippen LogP contribution < -0.4 is 10.0 Å². The standard InChI is InChI=1S/C13H19N3O4S2.ClH/c17-21(18,15-11-4-5-11)12-2-1-3-13(10-12)22(19,20)16-8-6-14-7-9-16;/h1-3,10-11,14-15H,4-9H2;1H. The maximum absolute atomic E-state index is 12.6. The molecule has 2 fully saturated rings. The molecule has 0 unspecified atom stereocenters. The van der Waals surface area contributed by atoms with Crippen LogP contribution in [0.1, 0.15) is 12.8 Å². The molecular formula is C13H20ClN3O4S2. The molecule has 130 valence electrons. The van der Waals surface area contributed by atoms with Crippen molar-refractivity contribution in [2.75, 3.05) is 26.2 Å². The minimum absolute atomic E-state index is 0. The van der Waals surface area contributed by atoms with Gasteiger partial charge in [-0.05, 0) is 31.0 Å². The van der Waals surface area contributed by atoms with Gasteiger partial charge < -0.3 is 5.32 Å². The van der Waals surface area contributed by atoms with Gasteiger partial charge in [0.2, 0.25) is 20.0 Å². The second-order valence-corrected chi connectivity index (χ2v) is 9.18. The Kier molecular flexibility index (Phi) is 5.70. The van der Waals surface area contributed by atoms with Crippen molar-refractivity contribution in [3.63, 3.8) is 0 Å². The highest BCUT2D eigenvalue weighted by Gasteiger charge is 2.30. The van der Waals surface area contributed by atoms with Gasteiger partial charge in [0.15, 0.2) is 0 Å². The van der Waals surface area contributed by atoms with Crippen LogP contribution in [0.15, 0.2) is 34.1 Å². The minimum Gasteiger partial charge on any atom is -0.314 e. The van der Waals surface area contributed by atoms with E-state index >= 15 is 0 Å². The quantitative estimate of drug-likeness (QED) is 0.756. The normalized spacial score (nSPS) is 20.0. The molecule has 0 radical (unpaired) electrons. The van der Waals surface area contributed by atoms with Crippen LogP contribution in [-0.2, 0) is 20.0 Å². The Morgan fingerprint density at radius 1 is 1.04 bits per heavy atom. The van der Waals surface area contributed by atoms with Gasteiger partial charge in [0.05, 0.1) is 9.79 Å². The van der Waals surface area contributed by atoms with Gasteiger partial charge in [0.1, 0.15) is 0 Å². The first-order chi connectivity index (χ1) is 10.4. The summed E-state index contributed by atoms with van der Waals surface area (Å²) in [6, 6.07) is 5.55. The van der Waals surface area contributed by atoms with Crippen LogP contribution in [0.2, 0.25) is 0 Å². The van der Waals surface area contributed by atoms with Crippen molar-refractivity contribution in [3.05, 3.63) is 24.3 Å². The fraction of sp³-hybridized carbons (Fsp3) is 0.538. The fourth-order valence-corrected chi connectivity index (χ4v) is 5.24. The van der Waals surface area contributed by atoms with E-state index in [4.69, 9.17) is 0 Å². The summed E-state index contributed by atoms with van der Waals surface area (Å²) in [5.41, 5.74) is 0. The molecule has 23 heavy (non-hydrogen) atoms. The Morgan fingerprint density at radius 2 is 1.65 bits per heavy atom. The summed E-state index contributed by atoms with van der Waals surface area (Å²) in [7, 11) is -7.31. The van der Waals surface area contributed by atoms with Gasteiger partial charge in [-0.15, -0.1) is 12.4 Å². The second kappa shape index (κ2) is 7.04. The molecule has 2 aliphatic rings. The molecular weight excluding hydrogens is 362 g/mol. The Morgan fingerprint density at radius 3 is 2.26 bits per heavy atom. The SMILES string of the molecule is Cl.O=S(=O)(NC1CC1)c1cccc(S(=O)(=O)N2CCNCC2)c1. The van der Waals surface area contributed by atoms with Gasteiger partial charge in [0.25, 0.3) is 0 Å². The molecule has 2 N–H and O–H groups in total. The third kappa shape index (κ3) is 4.23. The van der Waals surface area contributed by atoms with Crippen LogP contribution >= 0.6 is 12.4 Å². The van der Waals surface area contributed by atoms with Crippen LogP contribution in [0, 0.1) is 0 Å².